The molecule has 0 saturated carbocycles. The Bertz CT molecular complexity index is 905. The number of esters is 1. The summed E-state index contributed by atoms with van der Waals surface area (Å²) < 4.78 is 4.96. The van der Waals surface area contributed by atoms with Gasteiger partial charge in [0, 0.05) is 36.4 Å². The molecule has 1 aromatic carbocycles. The Hall–Kier alpha value is -3.27. The first-order valence-electron chi connectivity index (χ1n) is 8.04. The highest BCUT2D eigenvalue weighted by Crippen LogP contribution is 2.17. The van der Waals surface area contributed by atoms with Crippen molar-refractivity contribution in [1.82, 2.24) is 20.2 Å². The summed E-state index contributed by atoms with van der Waals surface area (Å²) in [6.07, 6.45) is 0. The van der Waals surface area contributed by atoms with Crippen LogP contribution in [0.25, 0.3) is 11.4 Å². The smallest absolute Gasteiger partial charge is 0.330 e. The lowest BCUT2D eigenvalue weighted by Crippen LogP contribution is -2.23. The highest BCUT2D eigenvalue weighted by molar-refractivity contribution is 7.08. The number of amides is 1. The molecule has 3 aromatic rings. The lowest BCUT2D eigenvalue weighted by Gasteiger charge is -2.13. The van der Waals surface area contributed by atoms with E-state index in [-0.39, 0.29) is 13.2 Å². The van der Waals surface area contributed by atoms with Crippen LogP contribution in [0.15, 0.2) is 41.1 Å². The molecule has 0 spiro atoms. The molecule has 0 radical (unpaired) electrons. The van der Waals surface area contributed by atoms with Gasteiger partial charge in [0.1, 0.15) is 0 Å². The molecule has 0 aliphatic heterocycles. The van der Waals surface area contributed by atoms with Crippen LogP contribution in [0.3, 0.4) is 0 Å². The van der Waals surface area contributed by atoms with Gasteiger partial charge in [-0.3, -0.25) is 4.79 Å². The van der Waals surface area contributed by atoms with E-state index in [0.717, 1.165) is 16.0 Å². The minimum Gasteiger partial charge on any atom is -0.454 e. The van der Waals surface area contributed by atoms with Gasteiger partial charge >= 0.3 is 5.97 Å². The molecule has 140 valence electrons. The molecule has 1 N–H and O–H groups in total. The molecule has 2 aromatic heterocycles. The molecule has 27 heavy (non-hydrogen) atoms. The Morgan fingerprint density at radius 1 is 1.22 bits per heavy atom. The summed E-state index contributed by atoms with van der Waals surface area (Å²) in [5.41, 5.74) is 2.47. The summed E-state index contributed by atoms with van der Waals surface area (Å²) in [4.78, 5) is 26.8. The van der Waals surface area contributed by atoms with Crippen molar-refractivity contribution in [1.29, 1.82) is 0 Å². The Labute approximate surface area is 159 Å². The summed E-state index contributed by atoms with van der Waals surface area (Å²) in [5, 5.41) is 18.2. The molecule has 0 saturated heterocycles. The fraction of sp³-hybridized carbons (Fsp3) is 0.235. The van der Waals surface area contributed by atoms with Crippen LogP contribution < -0.4 is 10.2 Å². The Morgan fingerprint density at radius 2 is 2.00 bits per heavy atom. The molecule has 0 fully saturated rings. The number of carbonyl (C=O) groups is 2. The lowest BCUT2D eigenvalue weighted by atomic mass is 10.2. The molecule has 0 aliphatic carbocycles. The number of thiophene rings is 1. The van der Waals surface area contributed by atoms with Crippen molar-refractivity contribution in [3.05, 3.63) is 41.1 Å². The summed E-state index contributed by atoms with van der Waals surface area (Å²) in [7, 11) is 3.86. The number of nitrogens with one attached hydrogen (secondary N) is 1. The van der Waals surface area contributed by atoms with E-state index in [1.54, 1.807) is 12.1 Å². The predicted octanol–water partition coefficient (Wildman–Crippen LogP) is 1.65. The second kappa shape index (κ2) is 8.41. The number of tetrazole rings is 1. The van der Waals surface area contributed by atoms with Crippen LogP contribution in [0.5, 0.6) is 0 Å². The fourth-order valence-electron chi connectivity index (χ4n) is 2.16. The minimum atomic E-state index is -0.623. The average Bonchev–Trinajstić information content (AvgIpc) is 3.32. The topological polar surface area (TPSA) is 102 Å². The van der Waals surface area contributed by atoms with Crippen molar-refractivity contribution < 1.29 is 14.3 Å². The minimum absolute atomic E-state index is 0.220. The molecule has 0 atom stereocenters. The van der Waals surface area contributed by atoms with E-state index in [1.165, 1.54) is 11.3 Å². The first-order chi connectivity index (χ1) is 13.0. The molecule has 0 aliphatic rings. The normalized spacial score (nSPS) is 10.4. The largest absolute Gasteiger partial charge is 0.454 e. The van der Waals surface area contributed by atoms with Crippen molar-refractivity contribution in [2.45, 2.75) is 6.54 Å². The molecule has 10 heteroatoms. The SMILES string of the molecule is CN(C)c1ccc(NC(=O)COC(=O)Cn2nnc(-c3ccsc3)n2)cc1. The second-order valence-electron chi connectivity index (χ2n) is 5.81. The van der Waals surface area contributed by atoms with Gasteiger partial charge in [-0.1, -0.05) is 0 Å². The molecular weight excluding hydrogens is 368 g/mol. The van der Waals surface area contributed by atoms with Gasteiger partial charge in [-0.25, -0.2) is 4.79 Å². The average molecular weight is 386 g/mol. The van der Waals surface area contributed by atoms with Crippen LogP contribution in [0.4, 0.5) is 11.4 Å². The number of benzene rings is 1. The quantitative estimate of drug-likeness (QED) is 0.616. The zero-order valence-corrected chi connectivity index (χ0v) is 15.6. The first kappa shape index (κ1) is 18.5. The van der Waals surface area contributed by atoms with Crippen molar-refractivity contribution in [3.63, 3.8) is 0 Å². The van der Waals surface area contributed by atoms with E-state index in [9.17, 15) is 9.59 Å². The molecular formula is C17H18N6O3S. The molecule has 9 nitrogen and oxygen atoms in total. The van der Waals surface area contributed by atoms with Crippen molar-refractivity contribution >= 4 is 34.6 Å². The molecule has 0 bridgehead atoms. The number of anilines is 2. The maximum absolute atomic E-state index is 11.9. The van der Waals surface area contributed by atoms with Gasteiger partial charge in [0.25, 0.3) is 5.91 Å². The van der Waals surface area contributed by atoms with Gasteiger partial charge in [0.2, 0.25) is 5.82 Å². The van der Waals surface area contributed by atoms with E-state index in [1.807, 2.05) is 48.0 Å². The van der Waals surface area contributed by atoms with Gasteiger partial charge in [-0.2, -0.15) is 16.1 Å². The van der Waals surface area contributed by atoms with Crippen LogP contribution in [-0.4, -0.2) is 52.8 Å². The molecule has 0 unspecified atom stereocenters. The third kappa shape index (κ3) is 5.11. The number of aromatic nitrogens is 4. The van der Waals surface area contributed by atoms with Crippen molar-refractivity contribution in [2.24, 2.45) is 0 Å². The first-order valence-corrected chi connectivity index (χ1v) is 8.99. The summed E-state index contributed by atoms with van der Waals surface area (Å²) in [6.45, 7) is -0.609. The molecule has 3 rings (SSSR count). The molecule has 1 amide bonds. The number of rotatable bonds is 7. The third-order valence-electron chi connectivity index (χ3n) is 3.53. The fourth-order valence-corrected chi connectivity index (χ4v) is 2.80. The van der Waals surface area contributed by atoms with Crippen molar-refractivity contribution in [2.75, 3.05) is 30.9 Å². The van der Waals surface area contributed by atoms with E-state index < -0.39 is 11.9 Å². The maximum Gasteiger partial charge on any atom is 0.330 e. The zero-order valence-electron chi connectivity index (χ0n) is 14.8. The highest BCUT2D eigenvalue weighted by Gasteiger charge is 2.12. The highest BCUT2D eigenvalue weighted by atomic mass is 32.1. The van der Waals surface area contributed by atoms with Crippen LogP contribution in [-0.2, 0) is 20.9 Å². The molecule has 2 heterocycles. The second-order valence-corrected chi connectivity index (χ2v) is 6.59. The van der Waals surface area contributed by atoms with Crippen LogP contribution in [0.1, 0.15) is 0 Å². The number of nitrogens with zero attached hydrogens (tertiary/aromatic N) is 5. The van der Waals surface area contributed by atoms with Crippen LogP contribution in [0.2, 0.25) is 0 Å². The predicted molar refractivity (Wildman–Crippen MR) is 101 cm³/mol. The number of ether oxygens (including phenoxy) is 1. The summed E-state index contributed by atoms with van der Waals surface area (Å²) in [5.74, 6) is -0.614. The van der Waals surface area contributed by atoms with E-state index in [0.29, 0.717) is 11.5 Å². The van der Waals surface area contributed by atoms with E-state index in [2.05, 4.69) is 20.7 Å². The van der Waals surface area contributed by atoms with Gasteiger partial charge in [0.15, 0.2) is 13.2 Å². The maximum atomic E-state index is 11.9. The third-order valence-corrected chi connectivity index (χ3v) is 4.22. The van der Waals surface area contributed by atoms with Gasteiger partial charge in [-0.05, 0) is 40.9 Å². The standard InChI is InChI=1S/C17H18N6O3S/c1-22(2)14-5-3-13(4-6-14)18-15(24)10-26-16(25)9-23-20-17(19-21-23)12-7-8-27-11-12/h3-8,11H,9-10H2,1-2H3,(H,18,24). The lowest BCUT2D eigenvalue weighted by molar-refractivity contribution is -0.148. The van der Waals surface area contributed by atoms with Gasteiger partial charge in [-0.15, -0.1) is 10.2 Å². The monoisotopic (exact) mass is 386 g/mol. The Morgan fingerprint density at radius 3 is 2.67 bits per heavy atom. The van der Waals surface area contributed by atoms with E-state index >= 15 is 0 Å². The zero-order chi connectivity index (χ0) is 19.2. The van der Waals surface area contributed by atoms with Gasteiger partial charge < -0.3 is 15.0 Å². The Balaban J connectivity index is 1.45. The summed E-state index contributed by atoms with van der Waals surface area (Å²) >= 11 is 1.52. The number of hydrogen-bond donors (Lipinski definition) is 1. The summed E-state index contributed by atoms with van der Waals surface area (Å²) in [6, 6.07) is 9.17. The van der Waals surface area contributed by atoms with Crippen molar-refractivity contribution in [3.8, 4) is 11.4 Å². The van der Waals surface area contributed by atoms with Crippen LogP contribution in [0, 0.1) is 0 Å². The Kier molecular flexibility index (Phi) is 5.77. The number of hydrogen-bond acceptors (Lipinski definition) is 8. The van der Waals surface area contributed by atoms with Gasteiger partial charge in [0.05, 0.1) is 0 Å². The van der Waals surface area contributed by atoms with Crippen LogP contribution >= 0.6 is 11.3 Å². The van der Waals surface area contributed by atoms with E-state index in [4.69, 9.17) is 4.74 Å². The number of carbonyl (C=O) groups excluding carboxylic acids is 2.